The molecule has 6 aromatic carbocycles. The van der Waals surface area contributed by atoms with Crippen molar-refractivity contribution in [3.8, 4) is 44.8 Å². The Kier molecular flexibility index (Phi) is 5.65. The number of H-pyrrole nitrogens is 2. The van der Waals surface area contributed by atoms with E-state index in [1.807, 2.05) is 22.7 Å². The Morgan fingerprint density at radius 1 is 0.348 bits per heavy atom. The van der Waals surface area contributed by atoms with E-state index in [0.717, 1.165) is 11.4 Å². The highest BCUT2D eigenvalue weighted by Gasteiger charge is 2.14. The number of nitrogens with one attached hydrogen (secondary N) is 2. The number of hydrogen-bond donors (Lipinski definition) is 2. The van der Waals surface area contributed by atoms with E-state index in [2.05, 4.69) is 156 Å². The molecule has 10 rings (SSSR count). The Bertz CT molecular complexity index is 2690. The van der Waals surface area contributed by atoms with Crippen LogP contribution < -0.4 is 0 Å². The zero-order chi connectivity index (χ0) is 30.2. The standard InChI is InChI=1S/C42H26N2S2/c1-3-10-35-31(6-1)21-37(43-35)26-14-12-25(13-15-26)28-16-18-33-39(23-28)45-42-34-19-17-29(24-40(34)46-41(33)42)27-8-5-9-30(20-27)38-22-32-7-2-4-11-36(32)44-38/h1-24,43-44H. The highest BCUT2D eigenvalue weighted by atomic mass is 32.1. The molecule has 0 saturated heterocycles. The summed E-state index contributed by atoms with van der Waals surface area (Å²) in [6, 6.07) is 53.0. The lowest BCUT2D eigenvalue weighted by molar-refractivity contribution is 1.45. The molecule has 0 atom stereocenters. The number of thiophene rings is 2. The Hall–Kier alpha value is -5.42. The van der Waals surface area contributed by atoms with Crippen molar-refractivity contribution < 1.29 is 0 Å². The second kappa shape index (κ2) is 10.0. The van der Waals surface area contributed by atoms with Crippen LogP contribution in [0.5, 0.6) is 0 Å². The van der Waals surface area contributed by atoms with Gasteiger partial charge in [0.05, 0.1) is 9.40 Å². The molecule has 0 aliphatic carbocycles. The Balaban J connectivity index is 0.975. The predicted molar refractivity (Wildman–Crippen MR) is 200 cm³/mol. The first-order chi connectivity index (χ1) is 22.7. The van der Waals surface area contributed by atoms with Crippen molar-refractivity contribution in [1.82, 2.24) is 9.97 Å². The smallest absolute Gasteiger partial charge is 0.0542 e. The molecule has 0 aliphatic rings. The van der Waals surface area contributed by atoms with E-state index in [-0.39, 0.29) is 0 Å². The van der Waals surface area contributed by atoms with Gasteiger partial charge in [0.1, 0.15) is 0 Å². The summed E-state index contributed by atoms with van der Waals surface area (Å²) in [6.07, 6.45) is 0. The highest BCUT2D eigenvalue weighted by molar-refractivity contribution is 7.36. The van der Waals surface area contributed by atoms with Crippen molar-refractivity contribution in [2.45, 2.75) is 0 Å². The molecular weight excluding hydrogens is 597 g/mol. The lowest BCUT2D eigenvalue weighted by Crippen LogP contribution is -1.81. The maximum Gasteiger partial charge on any atom is 0.0542 e. The summed E-state index contributed by atoms with van der Waals surface area (Å²) in [7, 11) is 0. The number of fused-ring (bicyclic) bond motifs is 7. The van der Waals surface area contributed by atoms with Gasteiger partial charge in [-0.05, 0) is 75.8 Å². The van der Waals surface area contributed by atoms with Crippen LogP contribution in [0.15, 0.2) is 146 Å². The average molecular weight is 623 g/mol. The third kappa shape index (κ3) is 4.15. The second-order valence-corrected chi connectivity index (χ2v) is 14.1. The molecule has 2 nitrogen and oxygen atoms in total. The van der Waals surface area contributed by atoms with E-state index < -0.39 is 0 Å². The van der Waals surface area contributed by atoms with Gasteiger partial charge in [-0.2, -0.15) is 0 Å². The molecule has 0 spiro atoms. The summed E-state index contributed by atoms with van der Waals surface area (Å²) in [4.78, 5) is 7.13. The largest absolute Gasteiger partial charge is 0.355 e. The topological polar surface area (TPSA) is 31.6 Å². The number of aromatic nitrogens is 2. The van der Waals surface area contributed by atoms with E-state index >= 15 is 0 Å². The van der Waals surface area contributed by atoms with Crippen LogP contribution >= 0.6 is 22.7 Å². The van der Waals surface area contributed by atoms with Gasteiger partial charge in [-0.1, -0.05) is 103 Å². The number of aromatic amines is 2. The van der Waals surface area contributed by atoms with E-state index in [0.29, 0.717) is 0 Å². The molecule has 0 saturated carbocycles. The van der Waals surface area contributed by atoms with Crippen LogP contribution in [0.4, 0.5) is 0 Å². The molecule has 0 unspecified atom stereocenters. The molecule has 0 bridgehead atoms. The minimum absolute atomic E-state index is 1.15. The van der Waals surface area contributed by atoms with Crippen LogP contribution in [-0.4, -0.2) is 9.97 Å². The first kappa shape index (κ1) is 25.9. The zero-order valence-corrected chi connectivity index (χ0v) is 26.3. The van der Waals surface area contributed by atoms with Gasteiger partial charge in [-0.3, -0.25) is 0 Å². The van der Waals surface area contributed by atoms with Crippen LogP contribution in [0.25, 0.3) is 96.1 Å². The predicted octanol–water partition coefficient (Wildman–Crippen LogP) is 12.9. The normalized spacial score (nSPS) is 11.9. The highest BCUT2D eigenvalue weighted by Crippen LogP contribution is 2.46. The van der Waals surface area contributed by atoms with Crippen molar-refractivity contribution in [3.63, 3.8) is 0 Å². The van der Waals surface area contributed by atoms with Crippen LogP contribution in [0, 0.1) is 0 Å². The molecule has 216 valence electrons. The third-order valence-corrected chi connectivity index (χ3v) is 11.7. The van der Waals surface area contributed by atoms with Crippen molar-refractivity contribution >= 4 is 74.1 Å². The Morgan fingerprint density at radius 3 is 1.43 bits per heavy atom. The molecular formula is C42H26N2S2. The van der Waals surface area contributed by atoms with Gasteiger partial charge in [0.25, 0.3) is 0 Å². The average Bonchev–Trinajstić information content (AvgIpc) is 3.89. The molecule has 0 amide bonds. The number of rotatable bonds is 4. The number of benzene rings is 6. The van der Waals surface area contributed by atoms with Crippen LogP contribution in [-0.2, 0) is 0 Å². The molecule has 4 aromatic heterocycles. The minimum Gasteiger partial charge on any atom is -0.355 e. The minimum atomic E-state index is 1.15. The molecule has 46 heavy (non-hydrogen) atoms. The Labute approximate surface area is 273 Å². The zero-order valence-electron chi connectivity index (χ0n) is 24.7. The van der Waals surface area contributed by atoms with E-state index in [4.69, 9.17) is 0 Å². The van der Waals surface area contributed by atoms with E-state index in [9.17, 15) is 0 Å². The van der Waals surface area contributed by atoms with Crippen molar-refractivity contribution in [1.29, 1.82) is 0 Å². The summed E-state index contributed by atoms with van der Waals surface area (Å²) in [6.45, 7) is 0. The van der Waals surface area contributed by atoms with Crippen LogP contribution in [0.3, 0.4) is 0 Å². The van der Waals surface area contributed by atoms with Gasteiger partial charge >= 0.3 is 0 Å². The van der Waals surface area contributed by atoms with Crippen LogP contribution in [0.2, 0.25) is 0 Å². The fourth-order valence-electron chi connectivity index (χ4n) is 6.78. The second-order valence-electron chi connectivity index (χ2n) is 12.0. The molecule has 4 heteroatoms. The van der Waals surface area contributed by atoms with Crippen molar-refractivity contribution in [2.75, 3.05) is 0 Å². The maximum absolute atomic E-state index is 3.58. The monoisotopic (exact) mass is 622 g/mol. The molecule has 10 aromatic rings. The first-order valence-electron chi connectivity index (χ1n) is 15.5. The van der Waals surface area contributed by atoms with Gasteiger partial charge in [0, 0.05) is 53.4 Å². The third-order valence-electron chi connectivity index (χ3n) is 9.18. The lowest BCUT2D eigenvalue weighted by Gasteiger charge is -2.05. The summed E-state index contributed by atoms with van der Waals surface area (Å²) >= 11 is 3.83. The summed E-state index contributed by atoms with van der Waals surface area (Å²) in [5, 5.41) is 5.17. The van der Waals surface area contributed by atoms with Gasteiger partial charge in [-0.25, -0.2) is 0 Å². The van der Waals surface area contributed by atoms with Gasteiger partial charge in [0.15, 0.2) is 0 Å². The fraction of sp³-hybridized carbons (Fsp3) is 0. The Morgan fingerprint density at radius 2 is 0.826 bits per heavy atom. The SMILES string of the molecule is c1cc(-c2ccc3c(c2)sc2c4ccc(-c5ccc(-c6cc7ccccc7[nH]6)cc5)cc4sc32)cc(-c2cc3ccccc3[nH]2)c1. The fourth-order valence-corrected chi connectivity index (χ4v) is 9.51. The molecule has 2 N–H and O–H groups in total. The van der Waals surface area contributed by atoms with Gasteiger partial charge in [0.2, 0.25) is 0 Å². The van der Waals surface area contributed by atoms with Crippen molar-refractivity contribution in [3.05, 3.63) is 146 Å². The summed E-state index contributed by atoms with van der Waals surface area (Å²) < 4.78 is 5.46. The molecule has 4 heterocycles. The molecule has 0 fully saturated rings. The number of para-hydroxylation sites is 2. The lowest BCUT2D eigenvalue weighted by atomic mass is 10.0. The van der Waals surface area contributed by atoms with Crippen LogP contribution in [0.1, 0.15) is 0 Å². The summed E-state index contributed by atoms with van der Waals surface area (Å²) in [5.41, 5.74) is 12.0. The van der Waals surface area contributed by atoms with E-state index in [1.165, 1.54) is 84.8 Å². The van der Waals surface area contributed by atoms with E-state index in [1.54, 1.807) is 0 Å². The van der Waals surface area contributed by atoms with Gasteiger partial charge in [-0.15, -0.1) is 22.7 Å². The molecule has 0 aliphatic heterocycles. The number of hydrogen-bond acceptors (Lipinski definition) is 2. The maximum atomic E-state index is 3.58. The first-order valence-corrected chi connectivity index (χ1v) is 17.1. The summed E-state index contributed by atoms with van der Waals surface area (Å²) in [5.74, 6) is 0. The quantitative estimate of drug-likeness (QED) is 0.196. The molecule has 0 radical (unpaired) electrons. The van der Waals surface area contributed by atoms with Gasteiger partial charge < -0.3 is 9.97 Å². The van der Waals surface area contributed by atoms with Crippen molar-refractivity contribution in [2.24, 2.45) is 0 Å².